The number of rotatable bonds is 11. The van der Waals surface area contributed by atoms with Gasteiger partial charge < -0.3 is 14.5 Å². The van der Waals surface area contributed by atoms with Gasteiger partial charge in [-0.15, -0.1) is 0 Å². The quantitative estimate of drug-likeness (QED) is 0.372. The van der Waals surface area contributed by atoms with E-state index < -0.39 is 0 Å². The molecular weight excluding hydrogens is 376 g/mol. The van der Waals surface area contributed by atoms with Crippen molar-refractivity contribution < 1.29 is 23.9 Å². The van der Waals surface area contributed by atoms with Crippen molar-refractivity contribution in [3.63, 3.8) is 0 Å². The predicted octanol–water partition coefficient (Wildman–Crippen LogP) is 0.927. The Morgan fingerprint density at radius 3 is 2.59 bits per heavy atom. The minimum Gasteiger partial charge on any atom is -0.466 e. The first-order valence-corrected chi connectivity index (χ1v) is 10.6. The maximum absolute atomic E-state index is 12.9. The average molecular weight is 411 g/mol. The SMILES string of the molecule is CCOC(=O)CCN(CC1CCCN1CC)C(=O)CCCN1C(=O)CN(C)C1=O. The normalized spacial score (nSPS) is 19.9. The molecule has 2 fully saturated rings. The van der Waals surface area contributed by atoms with Crippen LogP contribution < -0.4 is 0 Å². The van der Waals surface area contributed by atoms with Crippen molar-refractivity contribution >= 4 is 23.8 Å². The molecule has 0 radical (unpaired) electrons. The van der Waals surface area contributed by atoms with Crippen molar-refractivity contribution in [2.75, 3.05) is 52.9 Å². The minimum atomic E-state index is -0.314. The van der Waals surface area contributed by atoms with Gasteiger partial charge in [-0.25, -0.2) is 4.79 Å². The van der Waals surface area contributed by atoms with E-state index in [1.165, 1.54) is 9.80 Å². The third-order valence-electron chi connectivity index (χ3n) is 5.58. The first-order chi connectivity index (χ1) is 13.9. The number of imide groups is 1. The fourth-order valence-corrected chi connectivity index (χ4v) is 3.99. The van der Waals surface area contributed by atoms with Gasteiger partial charge in [0, 0.05) is 39.1 Å². The Bertz CT molecular complexity index is 612. The van der Waals surface area contributed by atoms with Gasteiger partial charge in [-0.05, 0) is 39.3 Å². The molecule has 29 heavy (non-hydrogen) atoms. The summed E-state index contributed by atoms with van der Waals surface area (Å²) >= 11 is 0. The van der Waals surface area contributed by atoms with Crippen LogP contribution in [0.1, 0.15) is 46.0 Å². The van der Waals surface area contributed by atoms with E-state index in [-0.39, 0.29) is 49.7 Å². The van der Waals surface area contributed by atoms with Crippen LogP contribution in [0.25, 0.3) is 0 Å². The number of carbonyl (C=O) groups is 4. The van der Waals surface area contributed by atoms with Crippen LogP contribution >= 0.6 is 0 Å². The molecule has 0 bridgehead atoms. The van der Waals surface area contributed by atoms with Crippen molar-refractivity contribution in [1.82, 2.24) is 19.6 Å². The summed E-state index contributed by atoms with van der Waals surface area (Å²) in [6.45, 7) is 7.43. The Balaban J connectivity index is 1.89. The van der Waals surface area contributed by atoms with Crippen LogP contribution in [0.15, 0.2) is 0 Å². The Labute approximate surface area is 172 Å². The van der Waals surface area contributed by atoms with Gasteiger partial charge in [-0.1, -0.05) is 6.92 Å². The van der Waals surface area contributed by atoms with E-state index in [4.69, 9.17) is 4.74 Å². The highest BCUT2D eigenvalue weighted by Crippen LogP contribution is 2.19. The zero-order chi connectivity index (χ0) is 21.4. The van der Waals surface area contributed by atoms with Gasteiger partial charge >= 0.3 is 12.0 Å². The molecule has 0 aliphatic carbocycles. The molecular formula is C20H34N4O5. The Morgan fingerprint density at radius 2 is 1.97 bits per heavy atom. The van der Waals surface area contributed by atoms with Gasteiger partial charge in [-0.2, -0.15) is 0 Å². The summed E-state index contributed by atoms with van der Waals surface area (Å²) in [4.78, 5) is 55.1. The molecule has 2 aliphatic heterocycles. The second-order valence-electron chi connectivity index (χ2n) is 7.61. The maximum Gasteiger partial charge on any atom is 0.326 e. The van der Waals surface area contributed by atoms with Crippen LogP contribution in [-0.4, -0.2) is 102 Å². The Kier molecular flexibility index (Phi) is 8.88. The van der Waals surface area contributed by atoms with Gasteiger partial charge in [0.25, 0.3) is 0 Å². The molecule has 0 aromatic heterocycles. The first-order valence-electron chi connectivity index (χ1n) is 10.6. The zero-order valence-corrected chi connectivity index (χ0v) is 17.9. The van der Waals surface area contributed by atoms with E-state index in [9.17, 15) is 19.2 Å². The smallest absolute Gasteiger partial charge is 0.326 e. The third-order valence-corrected chi connectivity index (χ3v) is 5.58. The first kappa shape index (κ1) is 23.1. The van der Waals surface area contributed by atoms with E-state index in [2.05, 4.69) is 11.8 Å². The molecule has 2 aliphatic rings. The summed E-state index contributed by atoms with van der Waals surface area (Å²) in [5.41, 5.74) is 0. The predicted molar refractivity (Wildman–Crippen MR) is 107 cm³/mol. The summed E-state index contributed by atoms with van der Waals surface area (Å²) in [5, 5.41) is 0. The molecule has 1 unspecified atom stereocenters. The van der Waals surface area contributed by atoms with Crippen LogP contribution in [0.4, 0.5) is 4.79 Å². The largest absolute Gasteiger partial charge is 0.466 e. The Hall–Kier alpha value is -2.16. The zero-order valence-electron chi connectivity index (χ0n) is 17.9. The van der Waals surface area contributed by atoms with Crippen molar-refractivity contribution in [3.8, 4) is 0 Å². The summed E-state index contributed by atoms with van der Waals surface area (Å²) in [6.07, 6.45) is 2.99. The van der Waals surface area contributed by atoms with E-state index in [0.717, 1.165) is 25.9 Å². The summed E-state index contributed by atoms with van der Waals surface area (Å²) in [5.74, 6) is -0.585. The second-order valence-corrected chi connectivity index (χ2v) is 7.61. The number of amides is 4. The molecule has 2 heterocycles. The standard InChI is InChI=1S/C20H34N4O5/c1-4-22-11-6-8-16(22)14-23(13-10-19(27)29-5-2)17(25)9-7-12-24-18(26)15-21(3)20(24)28/h16H,4-15H2,1-3H3. The molecule has 1 atom stereocenters. The fourth-order valence-electron chi connectivity index (χ4n) is 3.99. The number of nitrogens with zero attached hydrogens (tertiary/aromatic N) is 4. The van der Waals surface area contributed by atoms with Gasteiger partial charge in [0.05, 0.1) is 13.0 Å². The lowest BCUT2D eigenvalue weighted by Gasteiger charge is -2.30. The topological polar surface area (TPSA) is 90.5 Å². The highest BCUT2D eigenvalue weighted by Gasteiger charge is 2.33. The minimum absolute atomic E-state index is 0.0512. The molecule has 9 nitrogen and oxygen atoms in total. The lowest BCUT2D eigenvalue weighted by atomic mass is 10.1. The summed E-state index contributed by atoms with van der Waals surface area (Å²) in [7, 11) is 1.59. The molecule has 2 saturated heterocycles. The Morgan fingerprint density at radius 1 is 1.21 bits per heavy atom. The number of ether oxygens (including phenoxy) is 1. The molecule has 164 valence electrons. The molecule has 0 aromatic rings. The highest BCUT2D eigenvalue weighted by molar-refractivity contribution is 6.01. The molecule has 0 spiro atoms. The van der Waals surface area contributed by atoms with E-state index in [1.807, 2.05) is 0 Å². The average Bonchev–Trinajstić information content (AvgIpc) is 3.23. The van der Waals surface area contributed by atoms with Crippen molar-refractivity contribution in [3.05, 3.63) is 0 Å². The van der Waals surface area contributed by atoms with E-state index in [0.29, 0.717) is 32.2 Å². The van der Waals surface area contributed by atoms with Gasteiger partial charge in [0.1, 0.15) is 6.54 Å². The number of esters is 1. The number of hydrogen-bond acceptors (Lipinski definition) is 6. The number of likely N-dealkylation sites (N-methyl/N-ethyl adjacent to an activating group) is 2. The fraction of sp³-hybridized carbons (Fsp3) is 0.800. The lowest BCUT2D eigenvalue weighted by Crippen LogP contribution is -2.44. The molecule has 0 N–H and O–H groups in total. The molecule has 9 heteroatoms. The summed E-state index contributed by atoms with van der Waals surface area (Å²) in [6, 6.07) is -0.00677. The van der Waals surface area contributed by atoms with Crippen molar-refractivity contribution in [2.45, 2.75) is 52.0 Å². The van der Waals surface area contributed by atoms with Crippen LogP contribution in [0.5, 0.6) is 0 Å². The monoisotopic (exact) mass is 410 g/mol. The third kappa shape index (κ3) is 6.42. The number of carbonyl (C=O) groups excluding carboxylic acids is 4. The number of urea groups is 1. The van der Waals surface area contributed by atoms with Gasteiger partial charge in [0.15, 0.2) is 0 Å². The highest BCUT2D eigenvalue weighted by atomic mass is 16.5. The molecule has 0 aromatic carbocycles. The molecule has 0 saturated carbocycles. The van der Waals surface area contributed by atoms with E-state index >= 15 is 0 Å². The second kappa shape index (κ2) is 11.1. The van der Waals surface area contributed by atoms with Crippen molar-refractivity contribution in [1.29, 1.82) is 0 Å². The lowest BCUT2D eigenvalue weighted by molar-refractivity contribution is -0.144. The van der Waals surface area contributed by atoms with Gasteiger partial charge in [0.2, 0.25) is 11.8 Å². The van der Waals surface area contributed by atoms with E-state index in [1.54, 1.807) is 18.9 Å². The maximum atomic E-state index is 12.9. The number of likely N-dealkylation sites (tertiary alicyclic amines) is 1. The number of hydrogen-bond donors (Lipinski definition) is 0. The molecule has 2 rings (SSSR count). The van der Waals surface area contributed by atoms with Crippen LogP contribution in [0.3, 0.4) is 0 Å². The van der Waals surface area contributed by atoms with Crippen LogP contribution in [0, 0.1) is 0 Å². The van der Waals surface area contributed by atoms with Gasteiger partial charge in [-0.3, -0.25) is 24.2 Å². The van der Waals surface area contributed by atoms with Crippen molar-refractivity contribution in [2.24, 2.45) is 0 Å². The van der Waals surface area contributed by atoms with Crippen LogP contribution in [0.2, 0.25) is 0 Å². The summed E-state index contributed by atoms with van der Waals surface area (Å²) < 4.78 is 4.99. The van der Waals surface area contributed by atoms with Crippen LogP contribution in [-0.2, 0) is 19.1 Å². The molecule has 4 amide bonds.